The second-order valence-electron chi connectivity index (χ2n) is 8.15. The van der Waals surface area contributed by atoms with E-state index in [1.165, 1.54) is 25.8 Å². The minimum Gasteiger partial charge on any atom is -0.356 e. The maximum absolute atomic E-state index is 11.5. The zero-order valence-electron chi connectivity index (χ0n) is 18.1. The van der Waals surface area contributed by atoms with Gasteiger partial charge < -0.3 is 15.5 Å². The molecule has 0 amide bonds. The molecule has 0 radical (unpaired) electrons. The summed E-state index contributed by atoms with van der Waals surface area (Å²) >= 11 is 0. The molecule has 0 saturated carbocycles. The van der Waals surface area contributed by atoms with Crippen molar-refractivity contribution >= 4 is 39.8 Å². The number of piperidine rings is 1. The van der Waals surface area contributed by atoms with E-state index in [4.69, 9.17) is 0 Å². The van der Waals surface area contributed by atoms with Gasteiger partial charge in [0.15, 0.2) is 15.8 Å². The lowest BCUT2D eigenvalue weighted by molar-refractivity contribution is 0.140. The minimum absolute atomic E-state index is 0. The lowest BCUT2D eigenvalue weighted by Gasteiger charge is -2.35. The van der Waals surface area contributed by atoms with Crippen molar-refractivity contribution in [3.63, 3.8) is 0 Å². The van der Waals surface area contributed by atoms with Crippen LogP contribution >= 0.6 is 24.0 Å². The second kappa shape index (κ2) is 12.7. The van der Waals surface area contributed by atoms with Gasteiger partial charge >= 0.3 is 0 Å². The highest BCUT2D eigenvalue weighted by Crippen LogP contribution is 2.20. The van der Waals surface area contributed by atoms with Gasteiger partial charge in [-0.05, 0) is 55.3 Å². The number of nitrogens with zero attached hydrogens (tertiary/aromatic N) is 2. The summed E-state index contributed by atoms with van der Waals surface area (Å²) in [5.74, 6) is 2.42. The Morgan fingerprint density at radius 2 is 1.69 bits per heavy atom. The number of nitrogens with one attached hydrogen (secondary N) is 2. The van der Waals surface area contributed by atoms with E-state index in [9.17, 15) is 8.42 Å². The van der Waals surface area contributed by atoms with E-state index < -0.39 is 9.84 Å². The predicted molar refractivity (Wildman–Crippen MR) is 132 cm³/mol. The Hall–Kier alpha value is -0.870. The van der Waals surface area contributed by atoms with Gasteiger partial charge in [-0.1, -0.05) is 26.0 Å². The highest BCUT2D eigenvalue weighted by Gasteiger charge is 2.20. The SMILES string of the molecule is CN=C(NCCCN1CC(C)CC(C)C1)NCCc1ccc(S(C)(=O)=O)cc1.I. The fraction of sp³-hybridized carbons (Fsp3) is 0.667. The van der Waals surface area contributed by atoms with Gasteiger partial charge in [0.05, 0.1) is 4.90 Å². The molecule has 166 valence electrons. The van der Waals surface area contributed by atoms with Crippen LogP contribution in [0.1, 0.15) is 32.3 Å². The molecule has 0 bridgehead atoms. The maximum atomic E-state index is 11.5. The maximum Gasteiger partial charge on any atom is 0.190 e. The average molecular weight is 537 g/mol. The van der Waals surface area contributed by atoms with Gasteiger partial charge in [-0.25, -0.2) is 8.42 Å². The van der Waals surface area contributed by atoms with E-state index in [-0.39, 0.29) is 24.0 Å². The molecule has 1 saturated heterocycles. The Morgan fingerprint density at radius 1 is 1.10 bits per heavy atom. The number of likely N-dealkylation sites (tertiary alicyclic amines) is 1. The quantitative estimate of drug-likeness (QED) is 0.232. The molecule has 1 aromatic carbocycles. The summed E-state index contributed by atoms with van der Waals surface area (Å²) in [5, 5.41) is 6.70. The summed E-state index contributed by atoms with van der Waals surface area (Å²) in [4.78, 5) is 7.22. The molecule has 1 aliphatic heterocycles. The van der Waals surface area contributed by atoms with Gasteiger partial charge in [-0.15, -0.1) is 24.0 Å². The Kier molecular flexibility index (Phi) is 11.5. The number of sulfone groups is 1. The smallest absolute Gasteiger partial charge is 0.190 e. The number of benzene rings is 1. The topological polar surface area (TPSA) is 73.8 Å². The van der Waals surface area contributed by atoms with E-state index in [1.807, 2.05) is 12.1 Å². The highest BCUT2D eigenvalue weighted by molar-refractivity contribution is 14.0. The zero-order chi connectivity index (χ0) is 20.6. The molecule has 1 aromatic rings. The van der Waals surface area contributed by atoms with Gasteiger partial charge in [-0.2, -0.15) is 0 Å². The normalized spacial score (nSPS) is 20.8. The number of hydrogen-bond acceptors (Lipinski definition) is 4. The number of aliphatic imine (C=N–C) groups is 1. The summed E-state index contributed by atoms with van der Waals surface area (Å²) < 4.78 is 23.0. The summed E-state index contributed by atoms with van der Waals surface area (Å²) in [6, 6.07) is 7.07. The minimum atomic E-state index is -3.13. The molecule has 0 aromatic heterocycles. The number of hydrogen-bond donors (Lipinski definition) is 2. The van der Waals surface area contributed by atoms with Crippen molar-refractivity contribution in [2.45, 2.75) is 38.0 Å². The molecule has 2 rings (SSSR count). The van der Waals surface area contributed by atoms with Crippen molar-refractivity contribution in [3.05, 3.63) is 29.8 Å². The number of halogens is 1. The lowest BCUT2D eigenvalue weighted by atomic mass is 9.92. The third-order valence-electron chi connectivity index (χ3n) is 5.17. The van der Waals surface area contributed by atoms with Crippen LogP contribution in [0.3, 0.4) is 0 Å². The molecule has 8 heteroatoms. The fourth-order valence-corrected chi connectivity index (χ4v) is 4.56. The van der Waals surface area contributed by atoms with Crippen LogP contribution in [0.2, 0.25) is 0 Å². The standard InChI is InChI=1S/C21H36N4O2S.HI/c1-17-14-18(2)16-25(15-17)13-5-11-23-21(22-3)24-12-10-19-6-8-20(9-7-19)28(4,26)27;/h6-9,17-18H,5,10-16H2,1-4H3,(H2,22,23,24);1H. The summed E-state index contributed by atoms with van der Waals surface area (Å²) in [6.07, 6.45) is 4.50. The first-order valence-electron chi connectivity index (χ1n) is 10.2. The summed E-state index contributed by atoms with van der Waals surface area (Å²) in [7, 11) is -1.35. The third kappa shape index (κ3) is 9.65. The van der Waals surface area contributed by atoms with Gasteiger partial charge in [0.1, 0.15) is 0 Å². The first-order chi connectivity index (χ1) is 13.3. The molecule has 1 aliphatic rings. The van der Waals surface area contributed by atoms with Crippen molar-refractivity contribution in [3.8, 4) is 0 Å². The van der Waals surface area contributed by atoms with E-state index >= 15 is 0 Å². The Balaban J connectivity index is 0.00000420. The zero-order valence-corrected chi connectivity index (χ0v) is 21.3. The van der Waals surface area contributed by atoms with Gasteiger partial charge in [0.25, 0.3) is 0 Å². The third-order valence-corrected chi connectivity index (χ3v) is 6.30. The van der Waals surface area contributed by atoms with Crippen LogP contribution < -0.4 is 10.6 Å². The Labute approximate surface area is 193 Å². The molecule has 2 N–H and O–H groups in total. The molecular formula is C21H37IN4O2S. The first kappa shape index (κ1) is 26.2. The summed E-state index contributed by atoms with van der Waals surface area (Å²) in [5.41, 5.74) is 1.10. The number of guanidine groups is 1. The predicted octanol–water partition coefficient (Wildman–Crippen LogP) is 2.78. The van der Waals surface area contributed by atoms with Crippen LogP contribution in [0.5, 0.6) is 0 Å². The van der Waals surface area contributed by atoms with Crippen molar-refractivity contribution in [2.24, 2.45) is 16.8 Å². The van der Waals surface area contributed by atoms with Crippen LogP contribution in [0, 0.1) is 11.8 Å². The van der Waals surface area contributed by atoms with Crippen LogP contribution in [-0.4, -0.2) is 65.3 Å². The van der Waals surface area contributed by atoms with E-state index in [2.05, 4.69) is 34.4 Å². The molecule has 1 fully saturated rings. The monoisotopic (exact) mass is 536 g/mol. The average Bonchev–Trinajstić information content (AvgIpc) is 2.62. The first-order valence-corrected chi connectivity index (χ1v) is 12.1. The summed E-state index contributed by atoms with van der Waals surface area (Å²) in [6.45, 7) is 9.92. The molecule has 0 aliphatic carbocycles. The molecule has 0 spiro atoms. The van der Waals surface area contributed by atoms with Crippen LogP contribution in [0.15, 0.2) is 34.2 Å². The van der Waals surface area contributed by atoms with Crippen molar-refractivity contribution in [1.29, 1.82) is 0 Å². The van der Waals surface area contributed by atoms with Crippen LogP contribution in [0.25, 0.3) is 0 Å². The second-order valence-corrected chi connectivity index (χ2v) is 10.2. The molecule has 29 heavy (non-hydrogen) atoms. The van der Waals surface area contributed by atoms with Crippen LogP contribution in [-0.2, 0) is 16.3 Å². The highest BCUT2D eigenvalue weighted by atomic mass is 127. The molecule has 6 nitrogen and oxygen atoms in total. The van der Waals surface area contributed by atoms with Gasteiger partial charge in [-0.3, -0.25) is 4.99 Å². The van der Waals surface area contributed by atoms with Crippen LogP contribution in [0.4, 0.5) is 0 Å². The van der Waals surface area contributed by atoms with Crippen molar-refractivity contribution in [1.82, 2.24) is 15.5 Å². The van der Waals surface area contributed by atoms with E-state index in [0.29, 0.717) is 4.90 Å². The van der Waals surface area contributed by atoms with Crippen molar-refractivity contribution < 1.29 is 8.42 Å². The molecule has 2 unspecified atom stereocenters. The van der Waals surface area contributed by atoms with Gasteiger partial charge in [0, 0.05) is 39.5 Å². The van der Waals surface area contributed by atoms with Crippen molar-refractivity contribution in [2.75, 3.05) is 46.0 Å². The van der Waals surface area contributed by atoms with E-state index in [0.717, 1.165) is 55.8 Å². The molecule has 1 heterocycles. The van der Waals surface area contributed by atoms with E-state index in [1.54, 1.807) is 19.2 Å². The molecular weight excluding hydrogens is 499 g/mol. The lowest BCUT2D eigenvalue weighted by Crippen LogP contribution is -2.42. The largest absolute Gasteiger partial charge is 0.356 e. The Bertz CT molecular complexity index is 728. The number of rotatable bonds is 8. The molecule has 2 atom stereocenters. The Morgan fingerprint density at radius 3 is 2.24 bits per heavy atom. The van der Waals surface area contributed by atoms with Gasteiger partial charge in [0.2, 0.25) is 0 Å². The fourth-order valence-electron chi connectivity index (χ4n) is 3.93.